The number of nitrogens with two attached hydrogens (primary N) is 1. The van der Waals surface area contributed by atoms with Crippen LogP contribution in [0.15, 0.2) is 24.3 Å². The molecule has 3 N–H and O–H groups in total. The Morgan fingerprint density at radius 2 is 1.95 bits per heavy atom. The number of sulfonamides is 1. The topological polar surface area (TPSA) is 101 Å². The largest absolute Gasteiger partial charge is 0.390 e. The number of aliphatic hydroxyl groups is 1. The van der Waals surface area contributed by atoms with Gasteiger partial charge in [-0.05, 0) is 11.1 Å². The smallest absolute Gasteiger partial charge is 0.224 e. The lowest BCUT2D eigenvalue weighted by Crippen LogP contribution is -2.37. The van der Waals surface area contributed by atoms with E-state index in [1.54, 1.807) is 0 Å². The van der Waals surface area contributed by atoms with Gasteiger partial charge in [0.1, 0.15) is 5.25 Å². The highest BCUT2D eigenvalue weighted by atomic mass is 32.2. The lowest BCUT2D eigenvalue weighted by Gasteiger charge is -2.27. The maximum Gasteiger partial charge on any atom is 0.224 e. The van der Waals surface area contributed by atoms with Gasteiger partial charge < -0.3 is 10.0 Å². The van der Waals surface area contributed by atoms with Crippen LogP contribution in [0, 0.1) is 0 Å². The van der Waals surface area contributed by atoms with Crippen molar-refractivity contribution >= 4 is 15.9 Å². The Balaban J connectivity index is 1.93. The van der Waals surface area contributed by atoms with Crippen LogP contribution in [0.3, 0.4) is 0 Å². The van der Waals surface area contributed by atoms with Crippen molar-refractivity contribution in [2.45, 2.75) is 30.2 Å². The zero-order chi connectivity index (χ0) is 14.5. The van der Waals surface area contributed by atoms with Gasteiger partial charge in [0.2, 0.25) is 15.9 Å². The van der Waals surface area contributed by atoms with E-state index in [0.29, 0.717) is 6.42 Å². The molecule has 1 aromatic carbocycles. The number of rotatable bonds is 2. The Bertz CT molecular complexity index is 658. The summed E-state index contributed by atoms with van der Waals surface area (Å²) in [4.78, 5) is 13.5. The second-order valence-corrected chi connectivity index (χ2v) is 7.22. The van der Waals surface area contributed by atoms with Gasteiger partial charge in [-0.25, -0.2) is 13.6 Å². The number of benzene rings is 1. The summed E-state index contributed by atoms with van der Waals surface area (Å²) in [5.74, 6) is -0.273. The molecular weight excluding hydrogens is 280 g/mol. The summed E-state index contributed by atoms with van der Waals surface area (Å²) < 4.78 is 22.8. The van der Waals surface area contributed by atoms with E-state index in [1.807, 2.05) is 24.3 Å². The summed E-state index contributed by atoms with van der Waals surface area (Å²) in [6.45, 7) is 0.0493. The minimum atomic E-state index is -3.74. The molecule has 7 heteroatoms. The first-order valence-corrected chi connectivity index (χ1v) is 8.06. The Labute approximate surface area is 117 Å². The first-order valence-electron chi connectivity index (χ1n) is 6.45. The van der Waals surface area contributed by atoms with Gasteiger partial charge in [-0.3, -0.25) is 4.79 Å². The Kier molecular flexibility index (Phi) is 3.07. The second-order valence-electron chi connectivity index (χ2n) is 5.38. The number of fused-ring (bicyclic) bond motifs is 1. The van der Waals surface area contributed by atoms with E-state index in [9.17, 15) is 18.3 Å². The van der Waals surface area contributed by atoms with E-state index in [1.165, 1.54) is 4.90 Å². The van der Waals surface area contributed by atoms with Crippen molar-refractivity contribution in [1.29, 1.82) is 0 Å². The molecule has 1 saturated heterocycles. The molecule has 108 valence electrons. The SMILES string of the molecule is NS(=O)(=O)C1CC(=O)N(C2c3ccccc3CC2O)C1. The Hall–Kier alpha value is -1.44. The third-order valence-electron chi connectivity index (χ3n) is 4.09. The molecule has 1 heterocycles. The normalized spacial score (nSPS) is 29.8. The first kappa shape index (κ1) is 13.5. The van der Waals surface area contributed by atoms with Gasteiger partial charge in [-0.1, -0.05) is 24.3 Å². The highest BCUT2D eigenvalue weighted by molar-refractivity contribution is 7.89. The minimum Gasteiger partial charge on any atom is -0.390 e. The van der Waals surface area contributed by atoms with Gasteiger partial charge in [0.15, 0.2) is 0 Å². The molecule has 6 nitrogen and oxygen atoms in total. The number of hydrogen-bond acceptors (Lipinski definition) is 4. The van der Waals surface area contributed by atoms with Crippen molar-refractivity contribution in [2.24, 2.45) is 5.14 Å². The van der Waals surface area contributed by atoms with Gasteiger partial charge >= 0.3 is 0 Å². The van der Waals surface area contributed by atoms with E-state index >= 15 is 0 Å². The lowest BCUT2D eigenvalue weighted by atomic mass is 10.1. The highest BCUT2D eigenvalue weighted by Crippen LogP contribution is 2.38. The molecule has 3 rings (SSSR count). The van der Waals surface area contributed by atoms with Crippen molar-refractivity contribution < 1.29 is 18.3 Å². The van der Waals surface area contributed by atoms with Crippen molar-refractivity contribution in [3.8, 4) is 0 Å². The number of nitrogens with zero attached hydrogens (tertiary/aromatic N) is 1. The fourth-order valence-electron chi connectivity index (χ4n) is 3.11. The summed E-state index contributed by atoms with van der Waals surface area (Å²) in [7, 11) is -3.74. The molecule has 0 bridgehead atoms. The maximum absolute atomic E-state index is 12.1. The van der Waals surface area contributed by atoms with Crippen LogP contribution in [0.2, 0.25) is 0 Å². The summed E-state index contributed by atoms with van der Waals surface area (Å²) in [5.41, 5.74) is 1.89. The van der Waals surface area contributed by atoms with Crippen LogP contribution in [0.4, 0.5) is 0 Å². The number of aliphatic hydroxyl groups excluding tert-OH is 1. The van der Waals surface area contributed by atoms with Crippen LogP contribution in [-0.4, -0.2) is 42.2 Å². The molecule has 3 atom stereocenters. The summed E-state index contributed by atoms with van der Waals surface area (Å²) in [6, 6.07) is 7.05. The van der Waals surface area contributed by atoms with E-state index in [-0.39, 0.29) is 18.9 Å². The zero-order valence-electron chi connectivity index (χ0n) is 10.8. The van der Waals surface area contributed by atoms with Gasteiger partial charge in [0, 0.05) is 19.4 Å². The predicted molar refractivity (Wildman–Crippen MR) is 72.1 cm³/mol. The lowest BCUT2D eigenvalue weighted by molar-refractivity contribution is -0.131. The Morgan fingerprint density at radius 1 is 1.25 bits per heavy atom. The van der Waals surface area contributed by atoms with Crippen LogP contribution < -0.4 is 5.14 Å². The highest BCUT2D eigenvalue weighted by Gasteiger charge is 2.44. The molecule has 2 aliphatic rings. The number of amides is 1. The molecule has 0 saturated carbocycles. The van der Waals surface area contributed by atoms with Crippen LogP contribution in [0.25, 0.3) is 0 Å². The van der Waals surface area contributed by atoms with Gasteiger partial charge in [0.05, 0.1) is 12.1 Å². The zero-order valence-corrected chi connectivity index (χ0v) is 11.6. The molecule has 1 aliphatic heterocycles. The summed E-state index contributed by atoms with van der Waals surface area (Å²) in [6.07, 6.45) is -0.329. The molecule has 0 radical (unpaired) electrons. The molecular formula is C13H16N2O4S. The Morgan fingerprint density at radius 3 is 2.60 bits per heavy atom. The van der Waals surface area contributed by atoms with E-state index in [0.717, 1.165) is 11.1 Å². The molecule has 0 spiro atoms. The van der Waals surface area contributed by atoms with Crippen molar-refractivity contribution in [1.82, 2.24) is 4.90 Å². The quantitative estimate of drug-likeness (QED) is 0.770. The third kappa shape index (κ3) is 2.11. The summed E-state index contributed by atoms with van der Waals surface area (Å²) in [5, 5.41) is 14.4. The van der Waals surface area contributed by atoms with Crippen LogP contribution in [-0.2, 0) is 21.2 Å². The fraction of sp³-hybridized carbons (Fsp3) is 0.462. The number of hydrogen-bond donors (Lipinski definition) is 2. The van der Waals surface area contributed by atoms with E-state index < -0.39 is 27.4 Å². The molecule has 3 unspecified atom stereocenters. The minimum absolute atomic E-state index is 0.0493. The number of carbonyl (C=O) groups is 1. The van der Waals surface area contributed by atoms with Crippen molar-refractivity contribution in [2.75, 3.05) is 6.54 Å². The number of primary sulfonamides is 1. The standard InChI is InChI=1S/C13H16N2O4S/c14-20(18,19)9-6-12(17)15(7-9)13-10-4-2-1-3-8(10)5-11(13)16/h1-4,9,11,13,16H,5-7H2,(H2,14,18,19). The van der Waals surface area contributed by atoms with Gasteiger partial charge in [-0.15, -0.1) is 0 Å². The van der Waals surface area contributed by atoms with E-state index in [2.05, 4.69) is 0 Å². The maximum atomic E-state index is 12.1. The first-order chi connectivity index (χ1) is 9.38. The average molecular weight is 296 g/mol. The number of likely N-dealkylation sites (tertiary alicyclic amines) is 1. The third-order valence-corrected chi connectivity index (χ3v) is 5.34. The van der Waals surface area contributed by atoms with Crippen LogP contribution in [0.1, 0.15) is 23.6 Å². The van der Waals surface area contributed by atoms with Crippen molar-refractivity contribution in [3.05, 3.63) is 35.4 Å². The molecule has 0 aromatic heterocycles. The molecule has 1 amide bonds. The monoisotopic (exact) mass is 296 g/mol. The molecule has 1 aromatic rings. The summed E-state index contributed by atoms with van der Waals surface area (Å²) >= 11 is 0. The predicted octanol–water partition coefficient (Wildman–Crippen LogP) is -0.466. The molecule has 1 aliphatic carbocycles. The van der Waals surface area contributed by atoms with Gasteiger partial charge in [-0.2, -0.15) is 0 Å². The van der Waals surface area contributed by atoms with Crippen LogP contribution >= 0.6 is 0 Å². The van der Waals surface area contributed by atoms with Crippen molar-refractivity contribution in [3.63, 3.8) is 0 Å². The second kappa shape index (κ2) is 4.54. The molecule has 1 fully saturated rings. The van der Waals surface area contributed by atoms with Crippen LogP contribution in [0.5, 0.6) is 0 Å². The van der Waals surface area contributed by atoms with Gasteiger partial charge in [0.25, 0.3) is 0 Å². The number of carbonyl (C=O) groups excluding carboxylic acids is 1. The molecule has 20 heavy (non-hydrogen) atoms. The fourth-order valence-corrected chi connectivity index (χ4v) is 3.86. The van der Waals surface area contributed by atoms with E-state index in [4.69, 9.17) is 5.14 Å². The average Bonchev–Trinajstić information content (AvgIpc) is 2.88.